The zero-order chi connectivity index (χ0) is 10.1. The third-order valence-corrected chi connectivity index (χ3v) is 2.08. The summed E-state index contributed by atoms with van der Waals surface area (Å²) < 4.78 is 12.7. The molecule has 1 fully saturated rings. The Morgan fingerprint density at radius 3 is 2.93 bits per heavy atom. The molecule has 1 amide bonds. The minimum absolute atomic E-state index is 0.0815. The van der Waals surface area contributed by atoms with E-state index in [9.17, 15) is 14.3 Å². The first-order chi connectivity index (χ1) is 6.66. The van der Waals surface area contributed by atoms with Gasteiger partial charge >= 0.3 is 0 Å². The number of amides is 1. The molecule has 1 N–H and O–H groups in total. The first-order valence-electron chi connectivity index (χ1n) is 4.28. The van der Waals surface area contributed by atoms with Gasteiger partial charge in [0.05, 0.1) is 19.1 Å². The average molecular weight is 196 g/mol. The molecule has 1 aliphatic rings. The van der Waals surface area contributed by atoms with Gasteiger partial charge in [-0.3, -0.25) is 9.69 Å². The van der Waals surface area contributed by atoms with E-state index < -0.39 is 12.1 Å². The van der Waals surface area contributed by atoms with Crippen LogP contribution < -0.4 is 4.90 Å². The highest BCUT2D eigenvalue weighted by atomic mass is 19.1. The summed E-state index contributed by atoms with van der Waals surface area (Å²) in [5.74, 6) is -0.598. The van der Waals surface area contributed by atoms with Gasteiger partial charge in [-0.2, -0.15) is 4.39 Å². The van der Waals surface area contributed by atoms with Gasteiger partial charge in [-0.1, -0.05) is 6.07 Å². The third-order valence-electron chi connectivity index (χ3n) is 2.08. The molecule has 2 rings (SSSR count). The van der Waals surface area contributed by atoms with Crippen LogP contribution in [0, 0.1) is 5.95 Å². The molecular weight excluding hydrogens is 187 g/mol. The molecule has 0 radical (unpaired) electrons. The van der Waals surface area contributed by atoms with Crippen LogP contribution >= 0.6 is 0 Å². The Bertz CT molecular complexity index is 370. The van der Waals surface area contributed by atoms with Crippen LogP contribution in [-0.4, -0.2) is 28.6 Å². The normalized spacial score (nSPS) is 21.7. The molecule has 0 aromatic carbocycles. The molecule has 14 heavy (non-hydrogen) atoms. The number of nitrogens with zero attached hydrogens (tertiary/aromatic N) is 2. The van der Waals surface area contributed by atoms with Crippen LogP contribution in [0.3, 0.4) is 0 Å². The Morgan fingerprint density at radius 2 is 2.36 bits per heavy atom. The van der Waals surface area contributed by atoms with E-state index in [0.29, 0.717) is 0 Å². The summed E-state index contributed by atoms with van der Waals surface area (Å²) in [6.07, 6.45) is -0.592. The topological polar surface area (TPSA) is 53.4 Å². The fourth-order valence-electron chi connectivity index (χ4n) is 1.46. The molecule has 74 valence electrons. The lowest BCUT2D eigenvalue weighted by molar-refractivity contribution is -0.117. The summed E-state index contributed by atoms with van der Waals surface area (Å²) in [6.45, 7) is 0.190. The average Bonchev–Trinajstić information content (AvgIpc) is 2.45. The smallest absolute Gasteiger partial charge is 0.230 e. The van der Waals surface area contributed by atoms with E-state index in [-0.39, 0.29) is 24.7 Å². The lowest BCUT2D eigenvalue weighted by Crippen LogP contribution is -2.26. The van der Waals surface area contributed by atoms with E-state index in [2.05, 4.69) is 4.98 Å². The van der Waals surface area contributed by atoms with Crippen molar-refractivity contribution in [1.82, 2.24) is 4.98 Å². The number of hydrogen-bond donors (Lipinski definition) is 1. The van der Waals surface area contributed by atoms with Gasteiger partial charge in [0.15, 0.2) is 0 Å². The second kappa shape index (κ2) is 3.34. The van der Waals surface area contributed by atoms with Crippen LogP contribution in [0.15, 0.2) is 18.2 Å². The van der Waals surface area contributed by atoms with Crippen LogP contribution in [0.1, 0.15) is 6.42 Å². The highest BCUT2D eigenvalue weighted by molar-refractivity contribution is 5.95. The van der Waals surface area contributed by atoms with E-state index in [0.717, 1.165) is 0 Å². The highest BCUT2D eigenvalue weighted by Gasteiger charge is 2.29. The number of carbonyl (C=O) groups excluding carboxylic acids is 1. The molecule has 1 atom stereocenters. The maximum Gasteiger partial charge on any atom is 0.230 e. The molecular formula is C9H9FN2O2. The fraction of sp³-hybridized carbons (Fsp3) is 0.333. The van der Waals surface area contributed by atoms with Crippen molar-refractivity contribution < 1.29 is 14.3 Å². The van der Waals surface area contributed by atoms with Crippen molar-refractivity contribution in [2.24, 2.45) is 0 Å². The van der Waals surface area contributed by atoms with E-state index in [1.54, 1.807) is 6.07 Å². The number of rotatable bonds is 1. The maximum atomic E-state index is 12.7. The van der Waals surface area contributed by atoms with Crippen molar-refractivity contribution in [2.75, 3.05) is 11.4 Å². The molecule has 2 heterocycles. The molecule has 1 aromatic rings. The summed E-state index contributed by atoms with van der Waals surface area (Å²) in [5, 5.41) is 9.22. The molecule has 1 saturated heterocycles. The molecule has 0 bridgehead atoms. The Kier molecular flexibility index (Phi) is 2.17. The lowest BCUT2D eigenvalue weighted by atomic mass is 10.3. The van der Waals surface area contributed by atoms with Crippen LogP contribution in [0.25, 0.3) is 0 Å². The first kappa shape index (κ1) is 9.08. The van der Waals surface area contributed by atoms with Gasteiger partial charge in [0.1, 0.15) is 5.82 Å². The summed E-state index contributed by atoms with van der Waals surface area (Å²) >= 11 is 0. The van der Waals surface area contributed by atoms with Crippen LogP contribution in [0.5, 0.6) is 0 Å². The second-order valence-electron chi connectivity index (χ2n) is 3.18. The minimum Gasteiger partial charge on any atom is -0.391 e. The van der Waals surface area contributed by atoms with Crippen molar-refractivity contribution in [3.05, 3.63) is 24.1 Å². The summed E-state index contributed by atoms with van der Waals surface area (Å²) in [4.78, 5) is 16.2. The van der Waals surface area contributed by atoms with E-state index in [1.165, 1.54) is 17.0 Å². The Labute approximate surface area is 80.0 Å². The zero-order valence-electron chi connectivity index (χ0n) is 7.35. The van der Waals surface area contributed by atoms with Gasteiger partial charge < -0.3 is 5.11 Å². The van der Waals surface area contributed by atoms with Crippen molar-refractivity contribution in [1.29, 1.82) is 0 Å². The summed E-state index contributed by atoms with van der Waals surface area (Å²) in [7, 11) is 0. The maximum absolute atomic E-state index is 12.7. The third kappa shape index (κ3) is 1.58. The number of halogens is 1. The number of hydrogen-bond acceptors (Lipinski definition) is 3. The number of anilines is 1. The minimum atomic E-state index is -0.674. The van der Waals surface area contributed by atoms with E-state index in [4.69, 9.17) is 0 Å². The molecule has 0 saturated carbocycles. The molecule has 1 aliphatic heterocycles. The number of aliphatic hydroxyl groups is 1. The fourth-order valence-corrected chi connectivity index (χ4v) is 1.46. The highest BCUT2D eigenvalue weighted by Crippen LogP contribution is 2.19. The molecule has 1 aromatic heterocycles. The number of aliphatic hydroxyl groups excluding tert-OH is 1. The monoisotopic (exact) mass is 196 g/mol. The number of β-amino-alcohol motifs (C(OH)–C–C–N with tert-alkyl or cyclic N) is 1. The van der Waals surface area contributed by atoms with Crippen molar-refractivity contribution >= 4 is 11.7 Å². The largest absolute Gasteiger partial charge is 0.391 e. The predicted molar refractivity (Wildman–Crippen MR) is 47.2 cm³/mol. The number of carbonyl (C=O) groups is 1. The van der Waals surface area contributed by atoms with Crippen LogP contribution in [0.4, 0.5) is 10.2 Å². The molecule has 1 unspecified atom stereocenters. The Balaban J connectivity index is 2.27. The molecule has 0 spiro atoms. The SMILES string of the molecule is O=C1CC(O)CN1c1cccc(F)n1. The van der Waals surface area contributed by atoms with Gasteiger partial charge in [0, 0.05) is 0 Å². The second-order valence-corrected chi connectivity index (χ2v) is 3.18. The quantitative estimate of drug-likeness (QED) is 0.658. The van der Waals surface area contributed by atoms with Gasteiger partial charge in [-0.25, -0.2) is 4.98 Å². The van der Waals surface area contributed by atoms with E-state index >= 15 is 0 Å². The van der Waals surface area contributed by atoms with E-state index in [1.807, 2.05) is 0 Å². The summed E-state index contributed by atoms with van der Waals surface area (Å²) in [6, 6.07) is 4.23. The Morgan fingerprint density at radius 1 is 1.57 bits per heavy atom. The first-order valence-corrected chi connectivity index (χ1v) is 4.28. The van der Waals surface area contributed by atoms with Crippen molar-refractivity contribution in [3.63, 3.8) is 0 Å². The van der Waals surface area contributed by atoms with Gasteiger partial charge in [-0.05, 0) is 12.1 Å². The zero-order valence-corrected chi connectivity index (χ0v) is 7.35. The van der Waals surface area contributed by atoms with Gasteiger partial charge in [0.2, 0.25) is 11.9 Å². The number of pyridine rings is 1. The van der Waals surface area contributed by atoms with Crippen LogP contribution in [0.2, 0.25) is 0 Å². The predicted octanol–water partition coefficient (Wildman–Crippen LogP) is 0.318. The summed E-state index contributed by atoms with van der Waals surface area (Å²) in [5.41, 5.74) is 0. The molecule has 0 aliphatic carbocycles. The van der Waals surface area contributed by atoms with Crippen LogP contribution in [-0.2, 0) is 4.79 Å². The van der Waals surface area contributed by atoms with Gasteiger partial charge in [0.25, 0.3) is 0 Å². The molecule has 4 nitrogen and oxygen atoms in total. The standard InChI is InChI=1S/C9H9FN2O2/c10-7-2-1-3-8(11-7)12-5-6(13)4-9(12)14/h1-3,6,13H,4-5H2. The van der Waals surface area contributed by atoms with Gasteiger partial charge in [-0.15, -0.1) is 0 Å². The lowest BCUT2D eigenvalue weighted by Gasteiger charge is -2.13. The molecule has 5 heteroatoms. The Hall–Kier alpha value is -1.49. The van der Waals surface area contributed by atoms with Crippen molar-refractivity contribution in [2.45, 2.75) is 12.5 Å². The van der Waals surface area contributed by atoms with Crippen molar-refractivity contribution in [3.8, 4) is 0 Å². The number of aromatic nitrogens is 1.